The van der Waals surface area contributed by atoms with E-state index in [1.165, 1.54) is 19.3 Å². The molecule has 1 saturated carbocycles. The van der Waals surface area contributed by atoms with Gasteiger partial charge in [-0.05, 0) is 72.5 Å². The van der Waals surface area contributed by atoms with E-state index < -0.39 is 0 Å². The summed E-state index contributed by atoms with van der Waals surface area (Å²) in [4.78, 5) is 11.8. The highest BCUT2D eigenvalue weighted by Crippen LogP contribution is 2.21. The fourth-order valence-electron chi connectivity index (χ4n) is 1.99. The standard InChI is InChI=1S/C13H15IO2/c14-11-8-6-10(7-9-11)13(15)16-12-4-2-1-3-5-12/h6-9,12H,1-5H2. The Labute approximate surface area is 110 Å². The Morgan fingerprint density at radius 2 is 1.75 bits per heavy atom. The summed E-state index contributed by atoms with van der Waals surface area (Å²) in [7, 11) is 0. The van der Waals surface area contributed by atoms with Gasteiger partial charge in [0.25, 0.3) is 0 Å². The molecule has 3 heteroatoms. The van der Waals surface area contributed by atoms with Crippen LogP contribution in [0.4, 0.5) is 0 Å². The summed E-state index contributed by atoms with van der Waals surface area (Å²) in [5.74, 6) is -0.177. The molecule has 1 aliphatic carbocycles. The maximum absolute atomic E-state index is 11.8. The van der Waals surface area contributed by atoms with E-state index in [0.717, 1.165) is 16.4 Å². The molecule has 0 radical (unpaired) electrons. The molecule has 0 heterocycles. The van der Waals surface area contributed by atoms with E-state index in [1.807, 2.05) is 24.3 Å². The first-order valence-corrected chi connectivity index (χ1v) is 6.80. The second-order valence-corrected chi connectivity index (χ2v) is 5.42. The van der Waals surface area contributed by atoms with Crippen molar-refractivity contribution < 1.29 is 9.53 Å². The van der Waals surface area contributed by atoms with E-state index in [-0.39, 0.29) is 12.1 Å². The topological polar surface area (TPSA) is 26.3 Å². The number of halogens is 1. The fourth-order valence-corrected chi connectivity index (χ4v) is 2.35. The second kappa shape index (κ2) is 5.66. The van der Waals surface area contributed by atoms with Gasteiger partial charge >= 0.3 is 5.97 Å². The molecule has 2 rings (SSSR count). The molecule has 0 spiro atoms. The van der Waals surface area contributed by atoms with E-state index in [1.54, 1.807) is 0 Å². The normalized spacial score (nSPS) is 17.1. The Hall–Kier alpha value is -0.580. The summed E-state index contributed by atoms with van der Waals surface area (Å²) in [6, 6.07) is 7.51. The van der Waals surface area contributed by atoms with Crippen LogP contribution in [0, 0.1) is 3.57 Å². The molecular formula is C13H15IO2. The lowest BCUT2D eigenvalue weighted by Gasteiger charge is -2.21. The maximum atomic E-state index is 11.8. The van der Waals surface area contributed by atoms with Crippen LogP contribution < -0.4 is 0 Å². The lowest BCUT2D eigenvalue weighted by atomic mass is 9.98. The molecule has 0 N–H and O–H groups in total. The van der Waals surface area contributed by atoms with Crippen LogP contribution >= 0.6 is 22.6 Å². The van der Waals surface area contributed by atoms with Gasteiger partial charge in [0.2, 0.25) is 0 Å². The fraction of sp³-hybridized carbons (Fsp3) is 0.462. The smallest absolute Gasteiger partial charge is 0.338 e. The molecule has 0 amide bonds. The summed E-state index contributed by atoms with van der Waals surface area (Å²) in [5, 5.41) is 0. The number of rotatable bonds is 2. The summed E-state index contributed by atoms with van der Waals surface area (Å²) in [6.07, 6.45) is 5.83. The summed E-state index contributed by atoms with van der Waals surface area (Å²) in [5.41, 5.74) is 0.658. The molecule has 0 atom stereocenters. The van der Waals surface area contributed by atoms with Gasteiger partial charge in [0.15, 0.2) is 0 Å². The Morgan fingerprint density at radius 1 is 1.12 bits per heavy atom. The average Bonchev–Trinajstić information content (AvgIpc) is 2.31. The highest BCUT2D eigenvalue weighted by molar-refractivity contribution is 14.1. The van der Waals surface area contributed by atoms with Gasteiger partial charge in [-0.25, -0.2) is 4.79 Å². The minimum absolute atomic E-state index is 0.139. The van der Waals surface area contributed by atoms with Crippen LogP contribution in [-0.2, 0) is 4.74 Å². The van der Waals surface area contributed by atoms with Crippen molar-refractivity contribution in [3.8, 4) is 0 Å². The lowest BCUT2D eigenvalue weighted by molar-refractivity contribution is 0.0211. The summed E-state index contributed by atoms with van der Waals surface area (Å²) < 4.78 is 6.61. The van der Waals surface area contributed by atoms with Gasteiger partial charge in [-0.15, -0.1) is 0 Å². The largest absolute Gasteiger partial charge is 0.459 e. The number of carbonyl (C=O) groups is 1. The van der Waals surface area contributed by atoms with Crippen LogP contribution in [0.1, 0.15) is 42.5 Å². The molecule has 0 unspecified atom stereocenters. The Bertz CT molecular complexity index is 353. The molecule has 1 aromatic carbocycles. The van der Waals surface area contributed by atoms with Crippen molar-refractivity contribution in [3.05, 3.63) is 33.4 Å². The van der Waals surface area contributed by atoms with E-state index >= 15 is 0 Å². The van der Waals surface area contributed by atoms with E-state index in [9.17, 15) is 4.79 Å². The summed E-state index contributed by atoms with van der Waals surface area (Å²) in [6.45, 7) is 0. The van der Waals surface area contributed by atoms with Crippen LogP contribution in [-0.4, -0.2) is 12.1 Å². The van der Waals surface area contributed by atoms with Crippen molar-refractivity contribution in [2.75, 3.05) is 0 Å². The number of ether oxygens (including phenoxy) is 1. The first-order valence-electron chi connectivity index (χ1n) is 5.72. The van der Waals surface area contributed by atoms with Gasteiger partial charge < -0.3 is 4.74 Å². The van der Waals surface area contributed by atoms with Gasteiger partial charge in [0, 0.05) is 3.57 Å². The second-order valence-electron chi connectivity index (χ2n) is 4.17. The Balaban J connectivity index is 1.94. The van der Waals surface area contributed by atoms with Crippen molar-refractivity contribution in [3.63, 3.8) is 0 Å². The Kier molecular flexibility index (Phi) is 4.21. The lowest BCUT2D eigenvalue weighted by Crippen LogP contribution is -2.20. The van der Waals surface area contributed by atoms with Crippen molar-refractivity contribution in [2.24, 2.45) is 0 Å². The zero-order chi connectivity index (χ0) is 11.4. The number of benzene rings is 1. The molecule has 0 aromatic heterocycles. The van der Waals surface area contributed by atoms with Crippen LogP contribution in [0.5, 0.6) is 0 Å². The molecule has 1 aromatic rings. The molecule has 0 bridgehead atoms. The van der Waals surface area contributed by atoms with Crippen molar-refractivity contribution in [1.29, 1.82) is 0 Å². The van der Waals surface area contributed by atoms with Gasteiger partial charge in [0.05, 0.1) is 5.56 Å². The first-order chi connectivity index (χ1) is 7.75. The summed E-state index contributed by atoms with van der Waals surface area (Å²) >= 11 is 2.22. The van der Waals surface area contributed by atoms with E-state index in [0.29, 0.717) is 5.56 Å². The predicted molar refractivity (Wildman–Crippen MR) is 71.4 cm³/mol. The van der Waals surface area contributed by atoms with Crippen molar-refractivity contribution in [2.45, 2.75) is 38.2 Å². The van der Waals surface area contributed by atoms with Gasteiger partial charge in [-0.1, -0.05) is 6.42 Å². The highest BCUT2D eigenvalue weighted by atomic mass is 127. The quantitative estimate of drug-likeness (QED) is 0.609. The number of hydrogen-bond acceptors (Lipinski definition) is 2. The minimum Gasteiger partial charge on any atom is -0.459 e. The number of esters is 1. The predicted octanol–water partition coefficient (Wildman–Crippen LogP) is 3.78. The SMILES string of the molecule is O=C(OC1CCCCC1)c1ccc(I)cc1. The van der Waals surface area contributed by atoms with E-state index in [4.69, 9.17) is 4.74 Å². The maximum Gasteiger partial charge on any atom is 0.338 e. The van der Waals surface area contributed by atoms with Crippen LogP contribution in [0.3, 0.4) is 0 Å². The van der Waals surface area contributed by atoms with Crippen LogP contribution in [0.25, 0.3) is 0 Å². The van der Waals surface area contributed by atoms with Crippen molar-refractivity contribution >= 4 is 28.6 Å². The number of carbonyl (C=O) groups excluding carboxylic acids is 1. The van der Waals surface area contributed by atoms with Gasteiger partial charge in [-0.3, -0.25) is 0 Å². The van der Waals surface area contributed by atoms with Crippen LogP contribution in [0.15, 0.2) is 24.3 Å². The molecule has 1 aliphatic rings. The van der Waals surface area contributed by atoms with Gasteiger partial charge in [0.1, 0.15) is 6.10 Å². The monoisotopic (exact) mass is 330 g/mol. The molecule has 0 aliphatic heterocycles. The third-order valence-electron chi connectivity index (χ3n) is 2.91. The minimum atomic E-state index is -0.177. The highest BCUT2D eigenvalue weighted by Gasteiger charge is 2.18. The molecular weight excluding hydrogens is 315 g/mol. The molecule has 2 nitrogen and oxygen atoms in total. The third-order valence-corrected chi connectivity index (χ3v) is 3.62. The molecule has 86 valence electrons. The zero-order valence-corrected chi connectivity index (χ0v) is 11.3. The third kappa shape index (κ3) is 3.20. The zero-order valence-electron chi connectivity index (χ0n) is 9.12. The van der Waals surface area contributed by atoms with Gasteiger partial charge in [-0.2, -0.15) is 0 Å². The molecule has 0 saturated heterocycles. The van der Waals surface area contributed by atoms with Crippen LogP contribution in [0.2, 0.25) is 0 Å². The molecule has 16 heavy (non-hydrogen) atoms. The Morgan fingerprint density at radius 3 is 2.38 bits per heavy atom. The van der Waals surface area contributed by atoms with Crippen molar-refractivity contribution in [1.82, 2.24) is 0 Å². The number of hydrogen-bond donors (Lipinski definition) is 0. The molecule has 1 fully saturated rings. The average molecular weight is 330 g/mol. The first kappa shape index (κ1) is 11.9. The van der Waals surface area contributed by atoms with E-state index in [2.05, 4.69) is 22.6 Å².